The average molecular weight is 454 g/mol. The quantitative estimate of drug-likeness (QED) is 0.379. The van der Waals surface area contributed by atoms with Crippen molar-refractivity contribution in [1.82, 2.24) is 10.2 Å². The van der Waals surface area contributed by atoms with Gasteiger partial charge in [0, 0.05) is 26.1 Å². The Kier molecular flexibility index (Phi) is 7.07. The Bertz CT molecular complexity index is 800. The molecule has 9 heteroatoms. The maximum Gasteiger partial charge on any atom is 0.412 e. The molecule has 9 nitrogen and oxygen atoms in total. The zero-order valence-electron chi connectivity index (χ0n) is 20.9. The van der Waals surface area contributed by atoms with Crippen molar-refractivity contribution in [3.63, 3.8) is 0 Å². The molecule has 2 rings (SSSR count). The first-order valence-corrected chi connectivity index (χ1v) is 11.0. The number of ether oxygens (including phenoxy) is 3. The van der Waals surface area contributed by atoms with Crippen LogP contribution in [0.1, 0.15) is 68.7 Å². The third-order valence-corrected chi connectivity index (χ3v) is 5.02. The number of hydrogen-bond donors (Lipinski definition) is 2. The molecule has 0 radical (unpaired) electrons. The molecule has 2 atom stereocenters. The second-order valence-electron chi connectivity index (χ2n) is 11.4. The van der Waals surface area contributed by atoms with Crippen molar-refractivity contribution in [3.05, 3.63) is 11.1 Å². The topological polar surface area (TPSA) is 120 Å². The van der Waals surface area contributed by atoms with Gasteiger partial charge in [0.15, 0.2) is 5.54 Å². The van der Waals surface area contributed by atoms with Gasteiger partial charge in [-0.1, -0.05) is 5.57 Å². The van der Waals surface area contributed by atoms with Gasteiger partial charge in [0.2, 0.25) is 0 Å². The van der Waals surface area contributed by atoms with Gasteiger partial charge in [-0.15, -0.1) is 0 Å². The Morgan fingerprint density at radius 1 is 0.969 bits per heavy atom. The molecule has 0 spiro atoms. The van der Waals surface area contributed by atoms with Gasteiger partial charge in [0.05, 0.1) is 0 Å². The van der Waals surface area contributed by atoms with Crippen LogP contribution in [0.15, 0.2) is 11.1 Å². The molecule has 0 aromatic heterocycles. The number of nitrogens with two attached hydrogens (primary N) is 1. The minimum absolute atomic E-state index is 0.0826. The van der Waals surface area contributed by atoms with E-state index in [1.54, 1.807) is 62.3 Å². The lowest BCUT2D eigenvalue weighted by Crippen LogP contribution is -2.68. The number of hydrogen-bond acceptors (Lipinski definition) is 8. The summed E-state index contributed by atoms with van der Waals surface area (Å²) in [6.45, 7) is 16.3. The van der Waals surface area contributed by atoms with Crippen LogP contribution in [0.2, 0.25) is 0 Å². The Balaban J connectivity index is 2.70. The van der Waals surface area contributed by atoms with Gasteiger partial charge in [0.25, 0.3) is 0 Å². The molecule has 1 fully saturated rings. The molecule has 3 N–H and O–H groups in total. The fourth-order valence-electron chi connectivity index (χ4n) is 4.00. The van der Waals surface area contributed by atoms with E-state index in [2.05, 4.69) is 5.32 Å². The number of amides is 1. The first-order valence-electron chi connectivity index (χ1n) is 11.0. The SMILES string of the molecule is CC(C)(C)OC(=O)C1CC(CN)=C2CNCC2(C(=O)OC(C)(C)C)N1C(=O)OC(C)(C)C. The summed E-state index contributed by atoms with van der Waals surface area (Å²) in [6.07, 6.45) is -0.622. The van der Waals surface area contributed by atoms with Crippen LogP contribution in [0.5, 0.6) is 0 Å². The molecule has 0 aliphatic carbocycles. The van der Waals surface area contributed by atoms with E-state index in [1.165, 1.54) is 4.90 Å². The zero-order valence-corrected chi connectivity index (χ0v) is 20.9. The lowest BCUT2D eigenvalue weighted by molar-refractivity contribution is -0.174. The summed E-state index contributed by atoms with van der Waals surface area (Å²) in [7, 11) is 0. The van der Waals surface area contributed by atoms with E-state index in [4.69, 9.17) is 19.9 Å². The molecule has 32 heavy (non-hydrogen) atoms. The molecule has 2 aliphatic heterocycles. The molecule has 1 saturated heterocycles. The number of fused-ring (bicyclic) bond motifs is 1. The fourth-order valence-corrected chi connectivity index (χ4v) is 4.00. The molecule has 0 aromatic rings. The second kappa shape index (κ2) is 8.67. The van der Waals surface area contributed by atoms with Crippen molar-refractivity contribution in [2.45, 2.75) is 97.1 Å². The molecular weight excluding hydrogens is 414 g/mol. The predicted molar refractivity (Wildman–Crippen MR) is 120 cm³/mol. The van der Waals surface area contributed by atoms with Crippen molar-refractivity contribution in [1.29, 1.82) is 0 Å². The molecule has 1 amide bonds. The van der Waals surface area contributed by atoms with Crippen LogP contribution in [0, 0.1) is 0 Å². The number of rotatable bonds is 3. The summed E-state index contributed by atoms with van der Waals surface area (Å²) in [5.74, 6) is -1.25. The Morgan fingerprint density at radius 3 is 1.97 bits per heavy atom. The van der Waals surface area contributed by atoms with E-state index in [9.17, 15) is 14.4 Å². The van der Waals surface area contributed by atoms with E-state index < -0.39 is 46.4 Å². The molecule has 2 unspecified atom stereocenters. The lowest BCUT2D eigenvalue weighted by Gasteiger charge is -2.48. The number of nitrogens with one attached hydrogen (secondary N) is 1. The van der Waals surface area contributed by atoms with Gasteiger partial charge in [0.1, 0.15) is 22.8 Å². The Morgan fingerprint density at radius 2 is 1.50 bits per heavy atom. The van der Waals surface area contributed by atoms with Gasteiger partial charge < -0.3 is 25.3 Å². The lowest BCUT2D eigenvalue weighted by atomic mass is 9.79. The Hall–Kier alpha value is -2.13. The number of carbonyl (C=O) groups excluding carboxylic acids is 3. The maximum atomic E-state index is 13.7. The molecule has 182 valence electrons. The van der Waals surface area contributed by atoms with Crippen molar-refractivity contribution >= 4 is 18.0 Å². The summed E-state index contributed by atoms with van der Waals surface area (Å²) < 4.78 is 17.0. The standard InChI is InChI=1S/C23H39N3O6/c1-20(2,3)30-17(27)16-10-14(11-24)15-12-25-13-23(15,18(28)31-21(4,5)6)26(16)19(29)32-22(7,8)9/h16,25H,10-13,24H2,1-9H3. The van der Waals surface area contributed by atoms with E-state index in [1.807, 2.05) is 0 Å². The summed E-state index contributed by atoms with van der Waals surface area (Å²) >= 11 is 0. The summed E-state index contributed by atoms with van der Waals surface area (Å²) in [4.78, 5) is 41.7. The minimum atomic E-state index is -1.55. The number of nitrogens with zero attached hydrogens (tertiary/aromatic N) is 1. The molecule has 2 heterocycles. The third-order valence-electron chi connectivity index (χ3n) is 5.02. The molecular formula is C23H39N3O6. The molecule has 2 aliphatic rings. The highest BCUT2D eigenvalue weighted by Gasteiger charge is 2.61. The predicted octanol–water partition coefficient (Wildman–Crippen LogP) is 2.28. The van der Waals surface area contributed by atoms with Crippen LogP contribution < -0.4 is 11.1 Å². The van der Waals surface area contributed by atoms with Crippen LogP contribution in [-0.4, -0.2) is 70.9 Å². The second-order valence-corrected chi connectivity index (χ2v) is 11.4. The van der Waals surface area contributed by atoms with Crippen LogP contribution in [-0.2, 0) is 23.8 Å². The Labute approximate surface area is 191 Å². The van der Waals surface area contributed by atoms with Crippen LogP contribution in [0.25, 0.3) is 0 Å². The number of carbonyl (C=O) groups is 3. The van der Waals surface area contributed by atoms with Crippen LogP contribution in [0.3, 0.4) is 0 Å². The van der Waals surface area contributed by atoms with Gasteiger partial charge in [-0.25, -0.2) is 14.4 Å². The first-order chi connectivity index (χ1) is 14.4. The average Bonchev–Trinajstić information content (AvgIpc) is 3.01. The molecule has 0 bridgehead atoms. The molecule has 0 saturated carbocycles. The van der Waals surface area contributed by atoms with Crippen molar-refractivity contribution in [2.75, 3.05) is 19.6 Å². The summed E-state index contributed by atoms with van der Waals surface area (Å²) in [6, 6.07) is -1.08. The third kappa shape index (κ3) is 5.61. The normalized spacial score (nSPS) is 24.2. The highest BCUT2D eigenvalue weighted by atomic mass is 16.6. The minimum Gasteiger partial charge on any atom is -0.458 e. The van der Waals surface area contributed by atoms with E-state index in [0.717, 1.165) is 5.57 Å². The van der Waals surface area contributed by atoms with Crippen LogP contribution in [0.4, 0.5) is 4.79 Å². The zero-order chi connectivity index (χ0) is 24.7. The fraction of sp³-hybridized carbons (Fsp3) is 0.783. The maximum absolute atomic E-state index is 13.7. The first kappa shape index (κ1) is 26.1. The van der Waals surface area contributed by atoms with Gasteiger partial charge >= 0.3 is 18.0 Å². The van der Waals surface area contributed by atoms with E-state index in [-0.39, 0.29) is 19.5 Å². The molecule has 0 aromatic carbocycles. The van der Waals surface area contributed by atoms with Crippen LogP contribution >= 0.6 is 0 Å². The van der Waals surface area contributed by atoms with Gasteiger partial charge in [-0.05, 0) is 67.9 Å². The summed E-state index contributed by atoms with van der Waals surface area (Å²) in [5.41, 5.74) is 3.44. The highest BCUT2D eigenvalue weighted by Crippen LogP contribution is 2.42. The van der Waals surface area contributed by atoms with Crippen molar-refractivity contribution in [2.24, 2.45) is 5.73 Å². The number of esters is 2. The van der Waals surface area contributed by atoms with Gasteiger partial charge in [-0.3, -0.25) is 4.90 Å². The van der Waals surface area contributed by atoms with Crippen molar-refractivity contribution < 1.29 is 28.6 Å². The van der Waals surface area contributed by atoms with E-state index >= 15 is 0 Å². The highest BCUT2D eigenvalue weighted by molar-refractivity contribution is 5.95. The smallest absolute Gasteiger partial charge is 0.412 e. The summed E-state index contributed by atoms with van der Waals surface area (Å²) in [5, 5.41) is 3.18. The largest absolute Gasteiger partial charge is 0.458 e. The van der Waals surface area contributed by atoms with Gasteiger partial charge in [-0.2, -0.15) is 0 Å². The van der Waals surface area contributed by atoms with E-state index in [0.29, 0.717) is 12.1 Å². The monoisotopic (exact) mass is 453 g/mol. The van der Waals surface area contributed by atoms with Crippen molar-refractivity contribution in [3.8, 4) is 0 Å².